The van der Waals surface area contributed by atoms with Crippen molar-refractivity contribution in [3.05, 3.63) is 122 Å². The van der Waals surface area contributed by atoms with E-state index in [0.29, 0.717) is 23.7 Å². The molecule has 0 bridgehead atoms. The third-order valence-electron chi connectivity index (χ3n) is 12.6. The first-order chi connectivity index (χ1) is 27.5. The largest absolute Gasteiger partial charge is 0.507 e. The van der Waals surface area contributed by atoms with Gasteiger partial charge in [0.1, 0.15) is 17.2 Å². The molecule has 0 aromatic heterocycles. The Morgan fingerprint density at radius 2 is 0.541 bits per heavy atom. The monoisotopic (exact) mass is 823 g/mol. The van der Waals surface area contributed by atoms with Gasteiger partial charge in [-0.25, -0.2) is 0 Å². The Morgan fingerprint density at radius 3 is 0.787 bits per heavy atom. The summed E-state index contributed by atoms with van der Waals surface area (Å²) in [5.74, 6) is 1.08. The molecule has 0 amide bonds. The van der Waals surface area contributed by atoms with Crippen LogP contribution >= 0.6 is 0 Å². The Labute approximate surface area is 370 Å². The predicted octanol–water partition coefficient (Wildman–Crippen LogP) is 16.1. The van der Waals surface area contributed by atoms with Gasteiger partial charge in [0.05, 0.1) is 0 Å². The van der Waals surface area contributed by atoms with Gasteiger partial charge < -0.3 is 15.3 Å². The number of phenolic OH excluding ortho intramolecular Hbond substituents is 3. The van der Waals surface area contributed by atoms with E-state index in [1.165, 1.54) is 27.8 Å². The van der Waals surface area contributed by atoms with Crippen molar-refractivity contribution in [3.63, 3.8) is 0 Å². The minimum atomic E-state index is -0.328. The molecule has 0 spiro atoms. The average molecular weight is 823 g/mol. The van der Waals surface area contributed by atoms with Gasteiger partial charge in [-0.2, -0.15) is 0 Å². The summed E-state index contributed by atoms with van der Waals surface area (Å²) in [6.07, 6.45) is 0.687. The second kappa shape index (κ2) is 15.7. The maximum absolute atomic E-state index is 12.0. The minimum Gasteiger partial charge on any atom is -0.507 e. The number of hydrogen-bond donors (Lipinski definition) is 3. The summed E-state index contributed by atoms with van der Waals surface area (Å²) < 4.78 is 0. The molecular weight excluding hydrogens is 745 g/mol. The molecule has 0 aliphatic heterocycles. The van der Waals surface area contributed by atoms with Crippen LogP contribution in [0.15, 0.2) is 60.7 Å². The number of hydrogen-bond acceptors (Lipinski definition) is 3. The molecule has 0 aliphatic carbocycles. The first kappa shape index (κ1) is 47.5. The first-order valence-electron chi connectivity index (χ1n) is 22.4. The van der Waals surface area contributed by atoms with Gasteiger partial charge in [-0.3, -0.25) is 0 Å². The van der Waals surface area contributed by atoms with Crippen LogP contribution < -0.4 is 0 Å². The molecule has 0 fully saturated rings. The molecule has 5 rings (SSSR count). The van der Waals surface area contributed by atoms with Crippen LogP contribution in [0.3, 0.4) is 0 Å². The van der Waals surface area contributed by atoms with E-state index in [0.717, 1.165) is 66.8 Å². The van der Waals surface area contributed by atoms with Gasteiger partial charge in [-0.05, 0) is 164 Å². The molecule has 0 radical (unpaired) electrons. The maximum atomic E-state index is 12.0. The van der Waals surface area contributed by atoms with Crippen molar-refractivity contribution in [3.8, 4) is 50.6 Å². The molecule has 0 atom stereocenters. The fourth-order valence-corrected chi connectivity index (χ4v) is 9.02. The lowest BCUT2D eigenvalue weighted by atomic mass is 9.74. The fraction of sp³-hybridized carbons (Fsp3) is 0.483. The van der Waals surface area contributed by atoms with Crippen LogP contribution in [0.25, 0.3) is 33.4 Å². The summed E-state index contributed by atoms with van der Waals surface area (Å²) in [6, 6.07) is 22.6. The van der Waals surface area contributed by atoms with E-state index >= 15 is 0 Å². The van der Waals surface area contributed by atoms with Gasteiger partial charge in [0.15, 0.2) is 0 Å². The summed E-state index contributed by atoms with van der Waals surface area (Å²) in [6.45, 7) is 45.8. The Morgan fingerprint density at radius 1 is 0.311 bits per heavy atom. The van der Waals surface area contributed by atoms with Gasteiger partial charge in [0, 0.05) is 33.4 Å². The molecule has 0 aliphatic rings. The highest BCUT2D eigenvalue weighted by molar-refractivity contribution is 5.88. The molecule has 3 heteroatoms. The topological polar surface area (TPSA) is 60.7 Å². The van der Waals surface area contributed by atoms with Crippen molar-refractivity contribution in [2.45, 2.75) is 184 Å². The predicted molar refractivity (Wildman–Crippen MR) is 263 cm³/mol. The molecule has 0 saturated heterocycles. The zero-order valence-electron chi connectivity index (χ0n) is 41.8. The zero-order valence-corrected chi connectivity index (χ0v) is 41.8. The maximum Gasteiger partial charge on any atom is 0.123 e. The molecule has 3 nitrogen and oxygen atoms in total. The van der Waals surface area contributed by atoms with Crippen LogP contribution in [-0.4, -0.2) is 15.3 Å². The highest BCUT2D eigenvalue weighted by Crippen LogP contribution is 2.49. The minimum absolute atomic E-state index is 0.313. The summed E-state index contributed by atoms with van der Waals surface area (Å²) in [7, 11) is 0. The normalized spacial score (nSPS) is 13.3. The number of benzene rings is 5. The first-order valence-corrected chi connectivity index (χ1v) is 22.4. The van der Waals surface area contributed by atoms with Gasteiger partial charge in [-0.1, -0.05) is 142 Å². The van der Waals surface area contributed by atoms with Crippen molar-refractivity contribution < 1.29 is 15.3 Å². The van der Waals surface area contributed by atoms with Gasteiger partial charge >= 0.3 is 0 Å². The van der Waals surface area contributed by atoms with E-state index in [1.807, 2.05) is 0 Å². The van der Waals surface area contributed by atoms with E-state index in [1.54, 1.807) is 0 Å². The molecule has 61 heavy (non-hydrogen) atoms. The van der Waals surface area contributed by atoms with Crippen molar-refractivity contribution in [2.24, 2.45) is 0 Å². The van der Waals surface area contributed by atoms with Crippen LogP contribution in [0.2, 0.25) is 0 Å². The smallest absolute Gasteiger partial charge is 0.123 e. The second-order valence-corrected chi connectivity index (χ2v) is 24.4. The van der Waals surface area contributed by atoms with Gasteiger partial charge in [0.25, 0.3) is 0 Å². The number of aromatic hydroxyl groups is 3. The zero-order chi connectivity index (χ0) is 46.3. The fourth-order valence-electron chi connectivity index (χ4n) is 9.02. The third kappa shape index (κ3) is 9.77. The van der Waals surface area contributed by atoms with E-state index in [2.05, 4.69) is 206 Å². The van der Waals surface area contributed by atoms with Crippen LogP contribution in [0.4, 0.5) is 0 Å². The van der Waals surface area contributed by atoms with E-state index in [4.69, 9.17) is 0 Å². The van der Waals surface area contributed by atoms with Gasteiger partial charge in [-0.15, -0.1) is 0 Å². The molecule has 328 valence electrons. The summed E-state index contributed by atoms with van der Waals surface area (Å²) in [5, 5.41) is 36.0. The second-order valence-electron chi connectivity index (χ2n) is 24.4. The highest BCUT2D eigenvalue weighted by Gasteiger charge is 2.32. The molecule has 3 N–H and O–H groups in total. The van der Waals surface area contributed by atoms with Crippen LogP contribution in [0, 0.1) is 20.8 Å². The molecule has 0 heterocycles. The lowest BCUT2D eigenvalue weighted by molar-refractivity contribution is 0.422. The van der Waals surface area contributed by atoms with Crippen molar-refractivity contribution in [2.75, 3.05) is 0 Å². The van der Waals surface area contributed by atoms with E-state index < -0.39 is 0 Å². The quantitative estimate of drug-likeness (QED) is 0.165. The number of aryl methyl sites for hydroxylation is 3. The summed E-state index contributed by atoms with van der Waals surface area (Å²) in [5.41, 5.74) is 16.2. The van der Waals surface area contributed by atoms with Crippen molar-refractivity contribution >= 4 is 0 Å². The number of phenols is 3. The Kier molecular flexibility index (Phi) is 12.2. The molecule has 5 aromatic carbocycles. The van der Waals surface area contributed by atoms with Crippen LogP contribution in [0.1, 0.15) is 186 Å². The van der Waals surface area contributed by atoms with Crippen LogP contribution in [0.5, 0.6) is 17.2 Å². The van der Waals surface area contributed by atoms with Gasteiger partial charge in [0.2, 0.25) is 0 Å². The third-order valence-corrected chi connectivity index (χ3v) is 12.6. The highest BCUT2D eigenvalue weighted by atomic mass is 16.3. The van der Waals surface area contributed by atoms with Crippen LogP contribution in [-0.2, 0) is 38.9 Å². The summed E-state index contributed by atoms with van der Waals surface area (Å²) in [4.78, 5) is 0. The Hall–Kier alpha value is -4.50. The molecule has 0 unspecified atom stereocenters. The lowest BCUT2D eigenvalue weighted by Crippen LogP contribution is -2.18. The van der Waals surface area contributed by atoms with Crippen molar-refractivity contribution in [1.82, 2.24) is 0 Å². The number of rotatable bonds is 5. The van der Waals surface area contributed by atoms with Crippen molar-refractivity contribution in [1.29, 1.82) is 0 Å². The Bertz CT molecular complexity index is 2250. The Balaban J connectivity index is 2.14. The standard InChI is InChI=1S/C58H78O3/c1-33-22-34(2)40(35(3)23-33)32-43-41(38-28-46(55(10,11)12)51(60)47(29-38)56(13,14)15)24-36(37-26-44(53(4,5)6)50(59)45(27-37)54(7,8)9)25-42(43)39-30-48(57(16,17)18)52(61)49(31-39)58(19,20)21/h22-31,59-61H,32H2,1-21H3. The van der Waals surface area contributed by atoms with E-state index in [9.17, 15) is 15.3 Å². The SMILES string of the molecule is Cc1cc(C)c(Cc2c(-c3cc(C(C)(C)C)c(O)c(C(C)(C)C)c3)cc(-c3cc(C(C)(C)C)c(O)c(C(C)(C)C)c3)cc2-c2cc(C(C)(C)C)c(O)c(C(C)(C)C)c2)c(C)c1. The molecule has 5 aromatic rings. The molecule has 0 saturated carbocycles. The average Bonchev–Trinajstić information content (AvgIpc) is 3.07. The van der Waals surface area contributed by atoms with E-state index in [-0.39, 0.29) is 32.5 Å². The summed E-state index contributed by atoms with van der Waals surface area (Å²) >= 11 is 0. The lowest BCUT2D eigenvalue weighted by Gasteiger charge is -2.31. The molecular formula is C58H78O3.